The number of methoxy groups -OCH3 is 1. The Bertz CT molecular complexity index is 371. The van der Waals surface area contributed by atoms with Gasteiger partial charge in [-0.1, -0.05) is 0 Å². The van der Waals surface area contributed by atoms with Crippen LogP contribution in [0.25, 0.3) is 0 Å². The highest BCUT2D eigenvalue weighted by atomic mass is 16.5. The first kappa shape index (κ1) is 11.8. The van der Waals surface area contributed by atoms with Crippen LogP contribution in [0.4, 0.5) is 5.82 Å². The highest BCUT2D eigenvalue weighted by Gasteiger charge is 2.23. The zero-order valence-corrected chi connectivity index (χ0v) is 9.70. The Hall–Kier alpha value is -1.69. The van der Waals surface area contributed by atoms with E-state index >= 15 is 0 Å². The summed E-state index contributed by atoms with van der Waals surface area (Å²) in [6.45, 7) is 1.97. The highest BCUT2D eigenvalue weighted by molar-refractivity contribution is 5.69. The number of nitrogens with zero attached hydrogens (tertiary/aromatic N) is 3. The summed E-state index contributed by atoms with van der Waals surface area (Å²) in [5.41, 5.74) is 0. The van der Waals surface area contributed by atoms with E-state index in [1.807, 2.05) is 0 Å². The second-order valence-electron chi connectivity index (χ2n) is 3.78. The number of hydrogen-bond donors (Lipinski definition) is 0. The lowest BCUT2D eigenvalue weighted by atomic mass is 10.2. The molecule has 1 aromatic rings. The number of morpholine rings is 1. The zero-order chi connectivity index (χ0) is 12.1. The van der Waals surface area contributed by atoms with Gasteiger partial charge in [0.2, 0.25) is 0 Å². The summed E-state index contributed by atoms with van der Waals surface area (Å²) in [6, 6.07) is 0. The summed E-state index contributed by atoms with van der Waals surface area (Å²) >= 11 is 0. The third-order valence-electron chi connectivity index (χ3n) is 2.63. The van der Waals surface area contributed by atoms with Crippen molar-refractivity contribution in [3.63, 3.8) is 0 Å². The number of anilines is 1. The Morgan fingerprint density at radius 3 is 3.24 bits per heavy atom. The largest absolute Gasteiger partial charge is 0.469 e. The number of carbonyl (C=O) groups excluding carboxylic acids is 1. The Morgan fingerprint density at radius 1 is 1.65 bits per heavy atom. The Labute approximate surface area is 99.6 Å². The van der Waals surface area contributed by atoms with Crippen molar-refractivity contribution >= 4 is 11.8 Å². The minimum Gasteiger partial charge on any atom is -0.469 e. The number of rotatable bonds is 3. The van der Waals surface area contributed by atoms with Crippen molar-refractivity contribution in [3.05, 3.63) is 18.6 Å². The summed E-state index contributed by atoms with van der Waals surface area (Å²) < 4.78 is 10.1. The first-order chi connectivity index (χ1) is 8.29. The molecule has 0 saturated carbocycles. The van der Waals surface area contributed by atoms with Crippen LogP contribution in [-0.2, 0) is 14.3 Å². The summed E-state index contributed by atoms with van der Waals surface area (Å²) in [5, 5.41) is 0. The van der Waals surface area contributed by atoms with Gasteiger partial charge in [0.1, 0.15) is 5.82 Å². The molecule has 0 radical (unpaired) electrons. The third kappa shape index (κ3) is 3.13. The van der Waals surface area contributed by atoms with Gasteiger partial charge in [0.15, 0.2) is 0 Å². The predicted octanol–water partition coefficient (Wildman–Crippen LogP) is 0.245. The molecule has 1 unspecified atom stereocenters. The first-order valence-corrected chi connectivity index (χ1v) is 5.49. The van der Waals surface area contributed by atoms with Gasteiger partial charge in [-0.25, -0.2) is 4.98 Å². The lowest BCUT2D eigenvalue weighted by Crippen LogP contribution is -2.43. The van der Waals surface area contributed by atoms with E-state index in [4.69, 9.17) is 4.74 Å². The lowest BCUT2D eigenvalue weighted by Gasteiger charge is -2.32. The monoisotopic (exact) mass is 237 g/mol. The van der Waals surface area contributed by atoms with Crippen LogP contribution >= 0.6 is 0 Å². The summed E-state index contributed by atoms with van der Waals surface area (Å²) in [7, 11) is 1.38. The normalized spacial score (nSPS) is 20.1. The van der Waals surface area contributed by atoms with E-state index in [1.54, 1.807) is 18.6 Å². The van der Waals surface area contributed by atoms with Crippen molar-refractivity contribution < 1.29 is 14.3 Å². The van der Waals surface area contributed by atoms with Crippen LogP contribution in [0.1, 0.15) is 6.42 Å². The average Bonchev–Trinajstić information content (AvgIpc) is 2.40. The molecule has 17 heavy (non-hydrogen) atoms. The maximum atomic E-state index is 11.2. The SMILES string of the molecule is COC(=O)CC1CN(c2cnccn2)CCO1. The van der Waals surface area contributed by atoms with Gasteiger partial charge in [-0.15, -0.1) is 0 Å². The number of esters is 1. The average molecular weight is 237 g/mol. The van der Waals surface area contributed by atoms with E-state index in [2.05, 4.69) is 19.6 Å². The molecule has 0 aromatic carbocycles. The molecule has 6 nitrogen and oxygen atoms in total. The second kappa shape index (κ2) is 5.58. The molecule has 1 atom stereocenters. The summed E-state index contributed by atoms with van der Waals surface area (Å²) in [6.07, 6.45) is 5.13. The van der Waals surface area contributed by atoms with Crippen molar-refractivity contribution in [2.45, 2.75) is 12.5 Å². The summed E-state index contributed by atoms with van der Waals surface area (Å²) in [5.74, 6) is 0.557. The van der Waals surface area contributed by atoms with Crippen molar-refractivity contribution in [2.75, 3.05) is 31.7 Å². The molecule has 1 saturated heterocycles. The van der Waals surface area contributed by atoms with E-state index in [-0.39, 0.29) is 18.5 Å². The van der Waals surface area contributed by atoms with Gasteiger partial charge in [-0.05, 0) is 0 Å². The number of hydrogen-bond acceptors (Lipinski definition) is 6. The van der Waals surface area contributed by atoms with Gasteiger partial charge >= 0.3 is 5.97 Å². The molecule has 92 valence electrons. The van der Waals surface area contributed by atoms with E-state index in [1.165, 1.54) is 7.11 Å². The van der Waals surface area contributed by atoms with Gasteiger partial charge < -0.3 is 14.4 Å². The van der Waals surface area contributed by atoms with Crippen molar-refractivity contribution in [1.29, 1.82) is 0 Å². The lowest BCUT2D eigenvalue weighted by molar-refractivity contribution is -0.144. The van der Waals surface area contributed by atoms with Gasteiger partial charge in [0, 0.05) is 25.5 Å². The number of aromatic nitrogens is 2. The molecule has 6 heteroatoms. The molecule has 1 aliphatic heterocycles. The minimum absolute atomic E-state index is 0.141. The zero-order valence-electron chi connectivity index (χ0n) is 9.70. The number of ether oxygens (including phenoxy) is 2. The highest BCUT2D eigenvalue weighted by Crippen LogP contribution is 2.15. The standard InChI is InChI=1S/C11H15N3O3/c1-16-11(15)6-9-8-14(4-5-17-9)10-7-12-2-3-13-10/h2-3,7,9H,4-6,8H2,1H3. The maximum absolute atomic E-state index is 11.2. The molecule has 0 amide bonds. The molecule has 1 aliphatic rings. The van der Waals surface area contributed by atoms with Crippen LogP contribution in [0.3, 0.4) is 0 Å². The molecule has 1 aromatic heterocycles. The van der Waals surface area contributed by atoms with Gasteiger partial charge in [0.25, 0.3) is 0 Å². The number of carbonyl (C=O) groups is 1. The van der Waals surface area contributed by atoms with Gasteiger partial charge in [0.05, 0.1) is 32.4 Å². The predicted molar refractivity (Wildman–Crippen MR) is 60.6 cm³/mol. The Kier molecular flexibility index (Phi) is 3.87. The molecule has 2 heterocycles. The van der Waals surface area contributed by atoms with E-state index < -0.39 is 0 Å². The quantitative estimate of drug-likeness (QED) is 0.702. The van der Waals surface area contributed by atoms with Crippen LogP contribution in [-0.4, -0.2) is 48.8 Å². The molecule has 0 N–H and O–H groups in total. The minimum atomic E-state index is -0.254. The second-order valence-corrected chi connectivity index (χ2v) is 3.78. The van der Waals surface area contributed by atoms with Crippen molar-refractivity contribution in [1.82, 2.24) is 9.97 Å². The van der Waals surface area contributed by atoms with Gasteiger partial charge in [-0.2, -0.15) is 0 Å². The Balaban J connectivity index is 1.95. The summed E-state index contributed by atoms with van der Waals surface area (Å²) in [4.78, 5) is 21.5. The van der Waals surface area contributed by atoms with Crippen LogP contribution in [0.5, 0.6) is 0 Å². The van der Waals surface area contributed by atoms with E-state index in [0.29, 0.717) is 13.2 Å². The molecular weight excluding hydrogens is 222 g/mol. The molecule has 0 spiro atoms. The molecule has 0 bridgehead atoms. The van der Waals surface area contributed by atoms with Crippen LogP contribution in [0, 0.1) is 0 Å². The molecule has 2 rings (SSSR count). The molecule has 1 fully saturated rings. The van der Waals surface area contributed by atoms with E-state index in [0.717, 1.165) is 12.4 Å². The fourth-order valence-corrected chi connectivity index (χ4v) is 1.77. The topological polar surface area (TPSA) is 64.5 Å². The fraction of sp³-hybridized carbons (Fsp3) is 0.545. The molecule has 0 aliphatic carbocycles. The van der Waals surface area contributed by atoms with Crippen LogP contribution in [0.2, 0.25) is 0 Å². The third-order valence-corrected chi connectivity index (χ3v) is 2.63. The van der Waals surface area contributed by atoms with Crippen LogP contribution in [0.15, 0.2) is 18.6 Å². The fourth-order valence-electron chi connectivity index (χ4n) is 1.77. The Morgan fingerprint density at radius 2 is 2.53 bits per heavy atom. The van der Waals surface area contributed by atoms with Crippen LogP contribution < -0.4 is 4.90 Å². The first-order valence-electron chi connectivity index (χ1n) is 5.49. The van der Waals surface area contributed by atoms with Gasteiger partial charge in [-0.3, -0.25) is 9.78 Å². The van der Waals surface area contributed by atoms with Crippen molar-refractivity contribution in [2.24, 2.45) is 0 Å². The van der Waals surface area contributed by atoms with E-state index in [9.17, 15) is 4.79 Å². The maximum Gasteiger partial charge on any atom is 0.308 e. The smallest absolute Gasteiger partial charge is 0.308 e. The molecular formula is C11H15N3O3. The van der Waals surface area contributed by atoms with Crippen molar-refractivity contribution in [3.8, 4) is 0 Å².